The van der Waals surface area contributed by atoms with Gasteiger partial charge in [0.1, 0.15) is 5.82 Å². The number of rotatable bonds is 7. The van der Waals surface area contributed by atoms with Gasteiger partial charge in [-0.1, -0.05) is 18.6 Å². The fraction of sp³-hybridized carbons (Fsp3) is 0.375. The van der Waals surface area contributed by atoms with E-state index in [1.54, 1.807) is 49.2 Å². The highest BCUT2D eigenvalue weighted by Gasteiger charge is 2.26. The number of piperidine rings is 1. The Labute approximate surface area is 198 Å². The number of carbonyl (C=O) groups excluding carboxylic acids is 1. The summed E-state index contributed by atoms with van der Waals surface area (Å²) in [4.78, 5) is 34.3. The fourth-order valence-electron chi connectivity index (χ4n) is 3.99. The zero-order chi connectivity index (χ0) is 24.3. The minimum atomic E-state index is -3.51. The van der Waals surface area contributed by atoms with Gasteiger partial charge in [0.2, 0.25) is 15.9 Å². The molecule has 1 amide bonds. The molecule has 0 spiro atoms. The maximum absolute atomic E-state index is 12.8. The topological polar surface area (TPSA) is 115 Å². The summed E-state index contributed by atoms with van der Waals surface area (Å²) in [5.74, 6) is 0.218. The number of H-pyrrole nitrogens is 1. The van der Waals surface area contributed by atoms with Gasteiger partial charge in [-0.2, -0.15) is 4.31 Å². The van der Waals surface area contributed by atoms with E-state index in [-0.39, 0.29) is 22.9 Å². The number of fused-ring (bicyclic) bond motifs is 1. The van der Waals surface area contributed by atoms with Crippen molar-refractivity contribution in [3.63, 3.8) is 0 Å². The van der Waals surface area contributed by atoms with E-state index in [1.165, 1.54) is 16.4 Å². The molecule has 180 valence electrons. The van der Waals surface area contributed by atoms with E-state index in [0.29, 0.717) is 35.5 Å². The molecule has 1 aromatic heterocycles. The lowest BCUT2D eigenvalue weighted by Gasteiger charge is -2.26. The number of aromatic amines is 1. The monoisotopic (exact) mass is 483 g/mol. The number of nitrogens with one attached hydrogen (secondary N) is 2. The molecule has 0 aliphatic carbocycles. The first-order valence-corrected chi connectivity index (χ1v) is 12.8. The quantitative estimate of drug-likeness (QED) is 0.534. The van der Waals surface area contributed by atoms with Crippen molar-refractivity contribution in [2.45, 2.75) is 43.7 Å². The number of carbonyl (C=O) groups is 1. The van der Waals surface area contributed by atoms with Crippen LogP contribution in [0.15, 0.2) is 58.2 Å². The normalized spacial score (nSPS) is 16.0. The lowest BCUT2D eigenvalue weighted by atomic mass is 10.2. The van der Waals surface area contributed by atoms with Crippen LogP contribution in [0.5, 0.6) is 0 Å². The van der Waals surface area contributed by atoms with Crippen LogP contribution in [0.4, 0.5) is 5.69 Å². The molecule has 9 nitrogen and oxygen atoms in total. The SMILES string of the molecule is C[C@@H](C(=O)Nc1ccc(S(=O)(=O)N2CCCCC2)cc1)N(C)Cc1nc2ccccc2c(=O)[nH]1. The van der Waals surface area contributed by atoms with Gasteiger partial charge in [-0.3, -0.25) is 14.5 Å². The molecule has 2 N–H and O–H groups in total. The molecule has 1 fully saturated rings. The molecule has 0 bridgehead atoms. The number of sulfonamides is 1. The third-order valence-electron chi connectivity index (χ3n) is 6.18. The second-order valence-electron chi connectivity index (χ2n) is 8.60. The second kappa shape index (κ2) is 10.0. The van der Waals surface area contributed by atoms with E-state index < -0.39 is 16.1 Å². The van der Waals surface area contributed by atoms with E-state index in [9.17, 15) is 18.0 Å². The van der Waals surface area contributed by atoms with Gasteiger partial charge in [0, 0.05) is 18.8 Å². The number of anilines is 1. The zero-order valence-electron chi connectivity index (χ0n) is 19.3. The Kier molecular flexibility index (Phi) is 7.11. The number of amides is 1. The predicted octanol–water partition coefficient (Wildman–Crippen LogP) is 2.56. The highest BCUT2D eigenvalue weighted by Crippen LogP contribution is 2.22. The Bertz CT molecular complexity index is 1330. The van der Waals surface area contributed by atoms with E-state index in [0.717, 1.165) is 19.3 Å². The molecule has 1 saturated heterocycles. The molecular formula is C24H29N5O4S. The van der Waals surface area contributed by atoms with Crippen LogP contribution in [0.1, 0.15) is 32.0 Å². The third kappa shape index (κ3) is 5.19. The second-order valence-corrected chi connectivity index (χ2v) is 10.5. The summed E-state index contributed by atoms with van der Waals surface area (Å²) in [5, 5.41) is 3.35. The summed E-state index contributed by atoms with van der Waals surface area (Å²) in [6.07, 6.45) is 2.80. The van der Waals surface area contributed by atoms with Gasteiger partial charge in [-0.25, -0.2) is 13.4 Å². The van der Waals surface area contributed by atoms with Crippen molar-refractivity contribution in [3.8, 4) is 0 Å². The first kappa shape index (κ1) is 24.1. The van der Waals surface area contributed by atoms with E-state index >= 15 is 0 Å². The molecule has 4 rings (SSSR count). The lowest BCUT2D eigenvalue weighted by Crippen LogP contribution is -2.39. The number of benzene rings is 2. The third-order valence-corrected chi connectivity index (χ3v) is 8.09. The van der Waals surface area contributed by atoms with Gasteiger partial charge >= 0.3 is 0 Å². The first-order valence-electron chi connectivity index (χ1n) is 11.3. The molecule has 0 unspecified atom stereocenters. The number of hydrogen-bond acceptors (Lipinski definition) is 6. The molecule has 2 aromatic carbocycles. The summed E-state index contributed by atoms with van der Waals surface area (Å²) in [6, 6.07) is 12.8. The van der Waals surface area contributed by atoms with Crippen LogP contribution in [0, 0.1) is 0 Å². The van der Waals surface area contributed by atoms with Gasteiger partial charge in [0.25, 0.3) is 5.56 Å². The maximum atomic E-state index is 12.8. The minimum absolute atomic E-state index is 0.217. The van der Waals surface area contributed by atoms with Gasteiger partial charge in [-0.15, -0.1) is 0 Å². The summed E-state index contributed by atoms with van der Waals surface area (Å²) >= 11 is 0. The van der Waals surface area contributed by atoms with Gasteiger partial charge in [0.05, 0.1) is 28.4 Å². The summed E-state index contributed by atoms with van der Waals surface area (Å²) in [7, 11) is -1.74. The molecule has 0 radical (unpaired) electrons. The van der Waals surface area contributed by atoms with Crippen molar-refractivity contribution < 1.29 is 13.2 Å². The molecule has 34 heavy (non-hydrogen) atoms. The van der Waals surface area contributed by atoms with Crippen molar-refractivity contribution in [2.75, 3.05) is 25.5 Å². The Balaban J connectivity index is 1.39. The van der Waals surface area contributed by atoms with Crippen molar-refractivity contribution >= 4 is 32.5 Å². The molecule has 2 heterocycles. The molecular weight excluding hydrogens is 454 g/mol. The molecule has 3 aromatic rings. The highest BCUT2D eigenvalue weighted by molar-refractivity contribution is 7.89. The maximum Gasteiger partial charge on any atom is 0.258 e. The average Bonchev–Trinajstić information content (AvgIpc) is 2.84. The van der Waals surface area contributed by atoms with Crippen molar-refractivity contribution in [1.29, 1.82) is 0 Å². The summed E-state index contributed by atoms with van der Waals surface area (Å²) in [6.45, 7) is 3.12. The van der Waals surface area contributed by atoms with Crippen LogP contribution in [-0.4, -0.2) is 59.7 Å². The zero-order valence-corrected chi connectivity index (χ0v) is 20.1. The molecule has 1 aliphatic rings. The molecule has 1 aliphatic heterocycles. The number of para-hydroxylation sites is 1. The van der Waals surface area contributed by atoms with E-state index in [2.05, 4.69) is 15.3 Å². The molecule has 0 saturated carbocycles. The first-order chi connectivity index (χ1) is 16.3. The number of hydrogen-bond donors (Lipinski definition) is 2. The Morgan fingerprint density at radius 3 is 2.50 bits per heavy atom. The molecule has 1 atom stereocenters. The van der Waals surface area contributed by atoms with Crippen LogP contribution in [0.25, 0.3) is 10.9 Å². The number of nitrogens with zero attached hydrogens (tertiary/aromatic N) is 3. The Hall–Kier alpha value is -3.08. The van der Waals surface area contributed by atoms with Crippen molar-refractivity contribution in [3.05, 3.63) is 64.7 Å². The van der Waals surface area contributed by atoms with Gasteiger partial charge < -0.3 is 10.3 Å². The largest absolute Gasteiger partial charge is 0.325 e. The Morgan fingerprint density at radius 2 is 1.79 bits per heavy atom. The summed E-state index contributed by atoms with van der Waals surface area (Å²) < 4.78 is 27.1. The minimum Gasteiger partial charge on any atom is -0.325 e. The van der Waals surface area contributed by atoms with Crippen LogP contribution < -0.4 is 10.9 Å². The van der Waals surface area contributed by atoms with Crippen LogP contribution in [0.2, 0.25) is 0 Å². The summed E-state index contributed by atoms with van der Waals surface area (Å²) in [5.41, 5.74) is 0.900. The van der Waals surface area contributed by atoms with Crippen molar-refractivity contribution in [1.82, 2.24) is 19.2 Å². The smallest absolute Gasteiger partial charge is 0.258 e. The highest BCUT2D eigenvalue weighted by atomic mass is 32.2. The Morgan fingerprint density at radius 1 is 1.12 bits per heavy atom. The van der Waals surface area contributed by atoms with Crippen LogP contribution in [0.3, 0.4) is 0 Å². The van der Waals surface area contributed by atoms with E-state index in [4.69, 9.17) is 0 Å². The van der Waals surface area contributed by atoms with Crippen LogP contribution >= 0.6 is 0 Å². The standard InChI is InChI=1S/C24H29N5O4S/c1-17(28(2)16-22-26-21-9-5-4-8-20(21)24(31)27-22)23(30)25-18-10-12-19(13-11-18)34(32,33)29-14-6-3-7-15-29/h4-5,8-13,17H,3,6-7,14-16H2,1-2H3,(H,25,30)(H,26,27,31)/t17-/m0/s1. The van der Waals surface area contributed by atoms with Gasteiger partial charge in [-0.05, 0) is 63.2 Å². The van der Waals surface area contributed by atoms with E-state index in [1.807, 2.05) is 6.07 Å². The predicted molar refractivity (Wildman–Crippen MR) is 131 cm³/mol. The number of likely N-dealkylation sites (N-methyl/N-ethyl adjacent to an activating group) is 1. The lowest BCUT2D eigenvalue weighted by molar-refractivity contribution is -0.120. The van der Waals surface area contributed by atoms with Crippen LogP contribution in [-0.2, 0) is 21.4 Å². The average molecular weight is 484 g/mol. The fourth-order valence-corrected chi connectivity index (χ4v) is 5.51. The molecule has 10 heteroatoms. The van der Waals surface area contributed by atoms with Crippen molar-refractivity contribution in [2.24, 2.45) is 0 Å². The van der Waals surface area contributed by atoms with Gasteiger partial charge in [0.15, 0.2) is 0 Å². The number of aromatic nitrogens is 2.